The van der Waals surface area contributed by atoms with E-state index in [0.717, 1.165) is 24.6 Å². The molecule has 0 aliphatic carbocycles. The van der Waals surface area contributed by atoms with Gasteiger partial charge in [0.15, 0.2) is 0 Å². The molecule has 2 aromatic carbocycles. The molecule has 1 heterocycles. The molecule has 0 spiro atoms. The van der Waals surface area contributed by atoms with E-state index in [4.69, 9.17) is 0 Å². The Labute approximate surface area is 147 Å². The zero-order chi connectivity index (χ0) is 17.6. The van der Waals surface area contributed by atoms with Crippen molar-refractivity contribution in [2.45, 2.75) is 19.8 Å². The molecule has 0 unspecified atom stereocenters. The average molecular weight is 338 g/mol. The zero-order valence-electron chi connectivity index (χ0n) is 14.3. The lowest BCUT2D eigenvalue weighted by Crippen LogP contribution is -2.32. The third kappa shape index (κ3) is 4.56. The lowest BCUT2D eigenvalue weighted by molar-refractivity contribution is -0.384. The molecule has 1 aliphatic heterocycles. The van der Waals surface area contributed by atoms with Crippen molar-refractivity contribution >= 4 is 23.3 Å². The number of anilines is 2. The van der Waals surface area contributed by atoms with Crippen LogP contribution in [-0.4, -0.2) is 24.2 Å². The summed E-state index contributed by atoms with van der Waals surface area (Å²) >= 11 is 0. The second kappa shape index (κ2) is 7.79. The molecule has 1 aliphatic rings. The Morgan fingerprint density at radius 3 is 2.60 bits per heavy atom. The summed E-state index contributed by atoms with van der Waals surface area (Å²) in [5, 5.41) is 14.9. The predicted molar refractivity (Wildman–Crippen MR) is 101 cm³/mol. The maximum atomic E-state index is 10.8. The van der Waals surface area contributed by atoms with Gasteiger partial charge in [-0.3, -0.25) is 15.5 Å². The van der Waals surface area contributed by atoms with Crippen molar-refractivity contribution < 1.29 is 4.92 Å². The molecule has 0 aromatic heterocycles. The normalized spacial score (nSPS) is 15.5. The van der Waals surface area contributed by atoms with Gasteiger partial charge in [-0.2, -0.15) is 5.10 Å². The summed E-state index contributed by atoms with van der Waals surface area (Å²) < 4.78 is 0. The number of hydrazone groups is 1. The zero-order valence-corrected chi connectivity index (χ0v) is 14.3. The molecule has 1 N–H and O–H groups in total. The number of hydrogen-bond donors (Lipinski definition) is 1. The highest BCUT2D eigenvalue weighted by atomic mass is 16.6. The third-order valence-corrected chi connectivity index (χ3v) is 4.51. The molecule has 25 heavy (non-hydrogen) atoms. The molecule has 6 nitrogen and oxygen atoms in total. The molecule has 130 valence electrons. The number of nitrogens with zero attached hydrogens (tertiary/aromatic N) is 3. The first-order chi connectivity index (χ1) is 12.1. The van der Waals surface area contributed by atoms with Crippen LogP contribution in [0.4, 0.5) is 17.1 Å². The molecule has 2 aromatic rings. The van der Waals surface area contributed by atoms with Crippen LogP contribution in [0.1, 0.15) is 25.3 Å². The molecular weight excluding hydrogens is 316 g/mol. The van der Waals surface area contributed by atoms with Crippen LogP contribution in [0.25, 0.3) is 0 Å². The number of hydrogen-bond acceptors (Lipinski definition) is 5. The molecule has 6 heteroatoms. The first-order valence-corrected chi connectivity index (χ1v) is 8.50. The van der Waals surface area contributed by atoms with Gasteiger partial charge in [0, 0.05) is 30.9 Å². The van der Waals surface area contributed by atoms with Crippen molar-refractivity contribution in [1.82, 2.24) is 0 Å². The number of non-ortho nitro benzene ring substituents is 1. The minimum absolute atomic E-state index is 0.0420. The van der Waals surface area contributed by atoms with Gasteiger partial charge < -0.3 is 4.90 Å². The van der Waals surface area contributed by atoms with E-state index >= 15 is 0 Å². The Balaban J connectivity index is 1.58. The van der Waals surface area contributed by atoms with Crippen molar-refractivity contribution in [3.8, 4) is 0 Å². The molecule has 0 saturated carbocycles. The fourth-order valence-electron chi connectivity index (χ4n) is 2.91. The maximum Gasteiger partial charge on any atom is 0.271 e. The Morgan fingerprint density at radius 2 is 1.92 bits per heavy atom. The molecular formula is C19H22N4O2. The number of nitrogens with one attached hydrogen (secondary N) is 1. The van der Waals surface area contributed by atoms with E-state index in [1.165, 1.54) is 30.7 Å². The Morgan fingerprint density at radius 1 is 1.20 bits per heavy atom. The molecule has 0 radical (unpaired) electrons. The van der Waals surface area contributed by atoms with E-state index in [1.54, 1.807) is 18.3 Å². The summed E-state index contributed by atoms with van der Waals surface area (Å²) in [7, 11) is 0. The topological polar surface area (TPSA) is 70.8 Å². The molecule has 0 amide bonds. The van der Waals surface area contributed by atoms with Crippen LogP contribution < -0.4 is 10.3 Å². The van der Waals surface area contributed by atoms with Gasteiger partial charge in [0.1, 0.15) is 0 Å². The van der Waals surface area contributed by atoms with E-state index in [0.29, 0.717) is 5.69 Å². The van der Waals surface area contributed by atoms with Gasteiger partial charge in [0.05, 0.1) is 16.8 Å². The van der Waals surface area contributed by atoms with Crippen molar-refractivity contribution in [3.05, 3.63) is 64.2 Å². The van der Waals surface area contributed by atoms with Crippen molar-refractivity contribution in [2.24, 2.45) is 11.0 Å². The number of benzene rings is 2. The monoisotopic (exact) mass is 338 g/mol. The minimum Gasteiger partial charge on any atom is -0.372 e. The third-order valence-electron chi connectivity index (χ3n) is 4.51. The predicted octanol–water partition coefficient (Wildman–Crippen LogP) is 4.28. The van der Waals surface area contributed by atoms with E-state index in [1.807, 2.05) is 12.1 Å². The van der Waals surface area contributed by atoms with Crippen LogP contribution in [0, 0.1) is 16.0 Å². The first kappa shape index (κ1) is 17.0. The maximum absolute atomic E-state index is 10.8. The van der Waals surface area contributed by atoms with E-state index in [2.05, 4.69) is 34.5 Å². The highest BCUT2D eigenvalue weighted by Crippen LogP contribution is 2.23. The van der Waals surface area contributed by atoms with E-state index < -0.39 is 4.92 Å². The molecule has 0 bridgehead atoms. The summed E-state index contributed by atoms with van der Waals surface area (Å²) in [6.07, 6.45) is 4.20. The fourth-order valence-corrected chi connectivity index (χ4v) is 2.91. The van der Waals surface area contributed by atoms with Gasteiger partial charge in [0.25, 0.3) is 5.69 Å². The summed E-state index contributed by atoms with van der Waals surface area (Å²) in [6.45, 7) is 4.54. The van der Waals surface area contributed by atoms with Crippen molar-refractivity contribution in [3.63, 3.8) is 0 Å². The second-order valence-electron chi connectivity index (χ2n) is 6.44. The van der Waals surface area contributed by atoms with E-state index in [9.17, 15) is 10.1 Å². The van der Waals surface area contributed by atoms with Crippen LogP contribution >= 0.6 is 0 Å². The SMILES string of the molecule is CC1CCN(c2ccc(C=NNc3cccc([N+](=O)[O-])c3)cc2)CC1. The fraction of sp³-hybridized carbons (Fsp3) is 0.316. The highest BCUT2D eigenvalue weighted by molar-refractivity contribution is 5.81. The van der Waals surface area contributed by atoms with Crippen molar-refractivity contribution in [2.75, 3.05) is 23.4 Å². The Hall–Kier alpha value is -2.89. The average Bonchev–Trinajstić information content (AvgIpc) is 2.63. The molecule has 0 atom stereocenters. The lowest BCUT2D eigenvalue weighted by atomic mass is 9.99. The largest absolute Gasteiger partial charge is 0.372 e. The Kier molecular flexibility index (Phi) is 5.28. The van der Waals surface area contributed by atoms with Gasteiger partial charge in [-0.1, -0.05) is 25.1 Å². The minimum atomic E-state index is -0.422. The van der Waals surface area contributed by atoms with Crippen LogP contribution in [0.15, 0.2) is 53.6 Å². The van der Waals surface area contributed by atoms with Gasteiger partial charge >= 0.3 is 0 Å². The second-order valence-corrected chi connectivity index (χ2v) is 6.44. The summed E-state index contributed by atoms with van der Waals surface area (Å²) in [6, 6.07) is 14.6. The van der Waals surface area contributed by atoms with Crippen molar-refractivity contribution in [1.29, 1.82) is 0 Å². The van der Waals surface area contributed by atoms with Crippen LogP contribution in [0.5, 0.6) is 0 Å². The van der Waals surface area contributed by atoms with Gasteiger partial charge in [-0.05, 0) is 42.5 Å². The molecule has 1 fully saturated rings. The van der Waals surface area contributed by atoms with Crippen LogP contribution in [0.2, 0.25) is 0 Å². The van der Waals surface area contributed by atoms with E-state index in [-0.39, 0.29) is 5.69 Å². The molecule has 3 rings (SSSR count). The summed E-state index contributed by atoms with van der Waals surface area (Å²) in [4.78, 5) is 12.8. The van der Waals surface area contributed by atoms with Crippen LogP contribution in [-0.2, 0) is 0 Å². The van der Waals surface area contributed by atoms with Gasteiger partial charge in [0.2, 0.25) is 0 Å². The lowest BCUT2D eigenvalue weighted by Gasteiger charge is -2.32. The number of piperidine rings is 1. The standard InChI is InChI=1S/C19H22N4O2/c1-15-9-11-22(12-10-15)18-7-5-16(6-8-18)14-20-21-17-3-2-4-19(13-17)23(24)25/h2-8,13-15,21H,9-12H2,1H3. The summed E-state index contributed by atoms with van der Waals surface area (Å²) in [5.74, 6) is 0.822. The first-order valence-electron chi connectivity index (χ1n) is 8.50. The quantitative estimate of drug-likeness (QED) is 0.502. The number of nitro groups is 1. The number of nitro benzene ring substituents is 1. The smallest absolute Gasteiger partial charge is 0.271 e. The van der Waals surface area contributed by atoms with Gasteiger partial charge in [-0.15, -0.1) is 0 Å². The van der Waals surface area contributed by atoms with Gasteiger partial charge in [-0.25, -0.2) is 0 Å². The number of rotatable bonds is 5. The Bertz CT molecular complexity index is 750. The van der Waals surface area contributed by atoms with Crippen LogP contribution in [0.3, 0.4) is 0 Å². The molecule has 1 saturated heterocycles. The summed E-state index contributed by atoms with van der Waals surface area (Å²) in [5.41, 5.74) is 5.68. The highest BCUT2D eigenvalue weighted by Gasteiger charge is 2.15.